The van der Waals surface area contributed by atoms with Crippen LogP contribution in [0.4, 0.5) is 0 Å². The van der Waals surface area contributed by atoms with Crippen LogP contribution < -0.4 is 4.74 Å². The van der Waals surface area contributed by atoms with E-state index in [-0.39, 0.29) is 5.75 Å². The zero-order valence-electron chi connectivity index (χ0n) is 7.13. The van der Waals surface area contributed by atoms with Gasteiger partial charge in [0.1, 0.15) is 10.6 Å². The molecule has 1 rings (SSSR count). The van der Waals surface area contributed by atoms with Crippen LogP contribution in [-0.2, 0) is 10.1 Å². The maximum absolute atomic E-state index is 10.6. The topological polar surface area (TPSA) is 104 Å². The molecule has 14 heavy (non-hydrogen) atoms. The highest BCUT2D eigenvalue weighted by atomic mass is 32.2. The molecule has 0 aliphatic rings. The minimum atomic E-state index is -4.55. The molecule has 6 nitrogen and oxygen atoms in total. The molecule has 0 amide bonds. The van der Waals surface area contributed by atoms with Gasteiger partial charge in [-0.05, 0) is 0 Å². The van der Waals surface area contributed by atoms with E-state index in [4.69, 9.17) is 14.8 Å². The first-order valence-electron chi connectivity index (χ1n) is 3.43. The lowest BCUT2D eigenvalue weighted by Crippen LogP contribution is -1.98. The summed E-state index contributed by atoms with van der Waals surface area (Å²) in [4.78, 5) is -0.768. The molecular formula is C7H8O6S. The first-order chi connectivity index (χ1) is 6.36. The van der Waals surface area contributed by atoms with Crippen molar-refractivity contribution in [2.24, 2.45) is 0 Å². The zero-order chi connectivity index (χ0) is 10.9. The van der Waals surface area contributed by atoms with Crippen LogP contribution in [0.5, 0.6) is 17.2 Å². The van der Waals surface area contributed by atoms with Crippen LogP contribution in [0.15, 0.2) is 17.0 Å². The molecule has 78 valence electrons. The highest BCUT2D eigenvalue weighted by Crippen LogP contribution is 2.35. The van der Waals surface area contributed by atoms with E-state index in [2.05, 4.69) is 4.74 Å². The van der Waals surface area contributed by atoms with E-state index in [0.29, 0.717) is 6.07 Å². The monoisotopic (exact) mass is 220 g/mol. The third kappa shape index (κ3) is 1.88. The Bertz CT molecular complexity index is 449. The average Bonchev–Trinajstić information content (AvgIpc) is 2.06. The Balaban J connectivity index is 3.44. The minimum Gasteiger partial charge on any atom is -0.506 e. The van der Waals surface area contributed by atoms with Crippen molar-refractivity contribution in [3.63, 3.8) is 0 Å². The van der Waals surface area contributed by atoms with E-state index in [0.717, 1.165) is 6.07 Å². The third-order valence-corrected chi connectivity index (χ3v) is 2.42. The number of hydrogen-bond acceptors (Lipinski definition) is 5. The molecule has 0 saturated heterocycles. The number of benzene rings is 1. The number of ether oxygens (including phenoxy) is 1. The normalized spacial score (nSPS) is 11.3. The summed E-state index contributed by atoms with van der Waals surface area (Å²) in [5.41, 5.74) is 0. The summed E-state index contributed by atoms with van der Waals surface area (Å²) in [5, 5.41) is 18.3. The van der Waals surface area contributed by atoms with Crippen molar-refractivity contribution < 1.29 is 27.9 Å². The molecule has 1 aromatic rings. The number of rotatable bonds is 2. The van der Waals surface area contributed by atoms with Crippen LogP contribution in [0.1, 0.15) is 0 Å². The maximum atomic E-state index is 10.6. The molecule has 0 atom stereocenters. The summed E-state index contributed by atoms with van der Waals surface area (Å²) in [6.45, 7) is 0. The molecule has 3 N–H and O–H groups in total. The molecule has 0 bridgehead atoms. The fourth-order valence-corrected chi connectivity index (χ4v) is 1.49. The van der Waals surface area contributed by atoms with Gasteiger partial charge in [0.25, 0.3) is 10.1 Å². The van der Waals surface area contributed by atoms with Crippen molar-refractivity contribution in [2.75, 3.05) is 7.11 Å². The predicted molar refractivity (Wildman–Crippen MR) is 46.1 cm³/mol. The number of methoxy groups -OCH3 is 1. The molecular weight excluding hydrogens is 212 g/mol. The van der Waals surface area contributed by atoms with Gasteiger partial charge in [-0.1, -0.05) is 0 Å². The van der Waals surface area contributed by atoms with Crippen LogP contribution in [0.2, 0.25) is 0 Å². The fourth-order valence-electron chi connectivity index (χ4n) is 0.909. The summed E-state index contributed by atoms with van der Waals surface area (Å²) < 4.78 is 34.5. The number of hydrogen-bond donors (Lipinski definition) is 3. The van der Waals surface area contributed by atoms with Crippen LogP contribution in [-0.4, -0.2) is 30.3 Å². The molecule has 0 unspecified atom stereocenters. The molecule has 0 spiro atoms. The predicted octanol–water partition coefficient (Wildman–Crippen LogP) is 0.353. The van der Waals surface area contributed by atoms with E-state index < -0.39 is 26.5 Å². The van der Waals surface area contributed by atoms with Gasteiger partial charge >= 0.3 is 0 Å². The Morgan fingerprint density at radius 1 is 1.21 bits per heavy atom. The Hall–Kier alpha value is -1.47. The largest absolute Gasteiger partial charge is 0.506 e. The van der Waals surface area contributed by atoms with Gasteiger partial charge < -0.3 is 14.9 Å². The van der Waals surface area contributed by atoms with Crippen LogP contribution in [0.25, 0.3) is 0 Å². The average molecular weight is 220 g/mol. The quantitative estimate of drug-likeness (QED) is 0.490. The maximum Gasteiger partial charge on any atom is 0.298 e. The number of phenolic OH excluding ortho intramolecular Hbond substituents is 2. The summed E-state index contributed by atoms with van der Waals surface area (Å²) in [6, 6.07) is 1.59. The lowest BCUT2D eigenvalue weighted by Gasteiger charge is -2.06. The highest BCUT2D eigenvalue weighted by Gasteiger charge is 2.18. The first-order valence-corrected chi connectivity index (χ1v) is 4.87. The van der Waals surface area contributed by atoms with Crippen LogP contribution in [0, 0.1) is 0 Å². The van der Waals surface area contributed by atoms with Crippen molar-refractivity contribution in [1.29, 1.82) is 0 Å². The smallest absolute Gasteiger partial charge is 0.298 e. The van der Waals surface area contributed by atoms with E-state index in [9.17, 15) is 8.42 Å². The van der Waals surface area contributed by atoms with Gasteiger partial charge in [-0.15, -0.1) is 0 Å². The Morgan fingerprint density at radius 3 is 2.21 bits per heavy atom. The Morgan fingerprint density at radius 2 is 1.79 bits per heavy atom. The van der Waals surface area contributed by atoms with Gasteiger partial charge in [0.2, 0.25) is 0 Å². The molecule has 0 saturated carbocycles. The molecule has 0 aliphatic heterocycles. The van der Waals surface area contributed by atoms with Gasteiger partial charge in [0.15, 0.2) is 11.5 Å². The van der Waals surface area contributed by atoms with E-state index >= 15 is 0 Å². The van der Waals surface area contributed by atoms with Crippen molar-refractivity contribution in [3.05, 3.63) is 12.1 Å². The van der Waals surface area contributed by atoms with Crippen LogP contribution >= 0.6 is 0 Å². The number of aromatic hydroxyl groups is 2. The van der Waals surface area contributed by atoms with Gasteiger partial charge in [-0.25, -0.2) is 0 Å². The molecule has 0 heterocycles. The lowest BCUT2D eigenvalue weighted by molar-refractivity contribution is 0.364. The fraction of sp³-hybridized carbons (Fsp3) is 0.143. The van der Waals surface area contributed by atoms with Gasteiger partial charge in [-0.2, -0.15) is 8.42 Å². The SMILES string of the molecule is COc1cc(O)c(S(=O)(=O)O)cc1O. The van der Waals surface area contributed by atoms with Crippen molar-refractivity contribution in [2.45, 2.75) is 4.90 Å². The molecule has 0 aromatic heterocycles. The van der Waals surface area contributed by atoms with Gasteiger partial charge in [0, 0.05) is 12.1 Å². The standard InChI is InChI=1S/C7H8O6S/c1-13-6-2-5(9)7(3-4(6)8)14(10,11)12/h2-3,8-9H,1H3,(H,10,11,12). The first kappa shape index (κ1) is 10.6. The van der Waals surface area contributed by atoms with Crippen LogP contribution in [0.3, 0.4) is 0 Å². The summed E-state index contributed by atoms with van der Waals surface area (Å²) in [6.07, 6.45) is 0. The third-order valence-electron chi connectivity index (χ3n) is 1.54. The van der Waals surface area contributed by atoms with Crippen molar-refractivity contribution in [1.82, 2.24) is 0 Å². The second-order valence-electron chi connectivity index (χ2n) is 2.47. The number of phenols is 2. The summed E-state index contributed by atoms with van der Waals surface area (Å²) in [7, 11) is -3.31. The van der Waals surface area contributed by atoms with Crippen molar-refractivity contribution in [3.8, 4) is 17.2 Å². The van der Waals surface area contributed by atoms with E-state index in [1.807, 2.05) is 0 Å². The summed E-state index contributed by atoms with van der Waals surface area (Å²) >= 11 is 0. The summed E-state index contributed by atoms with van der Waals surface area (Å²) in [5.74, 6) is -1.27. The van der Waals surface area contributed by atoms with Gasteiger partial charge in [0.05, 0.1) is 7.11 Å². The zero-order valence-corrected chi connectivity index (χ0v) is 7.95. The second kappa shape index (κ2) is 3.35. The molecule has 0 aliphatic carbocycles. The second-order valence-corrected chi connectivity index (χ2v) is 3.86. The molecule has 0 radical (unpaired) electrons. The van der Waals surface area contributed by atoms with Gasteiger partial charge in [-0.3, -0.25) is 4.55 Å². The Labute approximate surface area is 80.1 Å². The van der Waals surface area contributed by atoms with Crippen molar-refractivity contribution >= 4 is 10.1 Å². The minimum absolute atomic E-state index is 0.0881. The lowest BCUT2D eigenvalue weighted by atomic mass is 10.3. The molecule has 7 heteroatoms. The molecule has 0 fully saturated rings. The highest BCUT2D eigenvalue weighted by molar-refractivity contribution is 7.86. The van der Waals surface area contributed by atoms with E-state index in [1.54, 1.807) is 0 Å². The molecule has 1 aromatic carbocycles. The Kier molecular flexibility index (Phi) is 2.54. The van der Waals surface area contributed by atoms with E-state index in [1.165, 1.54) is 7.11 Å².